The van der Waals surface area contributed by atoms with Crippen LogP contribution in [0.1, 0.15) is 38.3 Å². The summed E-state index contributed by atoms with van der Waals surface area (Å²) < 4.78 is 4.14. The van der Waals surface area contributed by atoms with Gasteiger partial charge in [-0.05, 0) is 44.2 Å². The number of benzene rings is 1. The van der Waals surface area contributed by atoms with Gasteiger partial charge in [0.1, 0.15) is 5.82 Å². The van der Waals surface area contributed by atoms with Crippen molar-refractivity contribution in [2.75, 3.05) is 5.32 Å². The quantitative estimate of drug-likeness (QED) is 0.739. The standard InChI is InChI=1S/C20H24N4O/c1-3-23-13-16(17-6-4-5-7-18(17)23)12-20(25)22-19-10-11-21-24(19)14(2)15-8-9-15/h4-7,10-11,13-15H,3,8-9,12H2,1-2H3,(H,22,25)/t14-/m1/s1. The maximum atomic E-state index is 12.6. The maximum absolute atomic E-state index is 12.6. The molecular weight excluding hydrogens is 312 g/mol. The van der Waals surface area contributed by atoms with Crippen molar-refractivity contribution in [3.8, 4) is 0 Å². The first kappa shape index (κ1) is 15.9. The van der Waals surface area contributed by atoms with Gasteiger partial charge in [-0.3, -0.25) is 4.79 Å². The lowest BCUT2D eigenvalue weighted by molar-refractivity contribution is -0.115. The van der Waals surface area contributed by atoms with Gasteiger partial charge in [0, 0.05) is 29.7 Å². The first-order valence-electron chi connectivity index (χ1n) is 9.07. The summed E-state index contributed by atoms with van der Waals surface area (Å²) in [7, 11) is 0. The monoisotopic (exact) mass is 336 g/mol. The van der Waals surface area contributed by atoms with Gasteiger partial charge in [0.2, 0.25) is 5.91 Å². The fourth-order valence-corrected chi connectivity index (χ4v) is 3.60. The fourth-order valence-electron chi connectivity index (χ4n) is 3.60. The molecule has 2 heterocycles. The summed E-state index contributed by atoms with van der Waals surface area (Å²) in [6.45, 7) is 5.19. The predicted octanol–water partition coefficient (Wildman–Crippen LogP) is 4.01. The van der Waals surface area contributed by atoms with Crippen molar-refractivity contribution in [1.82, 2.24) is 14.3 Å². The molecule has 25 heavy (non-hydrogen) atoms. The first-order valence-corrected chi connectivity index (χ1v) is 9.07. The van der Waals surface area contributed by atoms with Crippen molar-refractivity contribution in [1.29, 1.82) is 0 Å². The van der Waals surface area contributed by atoms with E-state index in [0.29, 0.717) is 18.4 Å². The molecule has 5 nitrogen and oxygen atoms in total. The second-order valence-electron chi connectivity index (χ2n) is 6.92. The van der Waals surface area contributed by atoms with Crippen molar-refractivity contribution < 1.29 is 4.79 Å². The molecule has 3 aromatic rings. The average Bonchev–Trinajstić information content (AvgIpc) is 3.28. The summed E-state index contributed by atoms with van der Waals surface area (Å²) in [5, 5.41) is 8.60. The van der Waals surface area contributed by atoms with Crippen molar-refractivity contribution >= 4 is 22.6 Å². The summed E-state index contributed by atoms with van der Waals surface area (Å²) in [5.74, 6) is 1.49. The third-order valence-electron chi connectivity index (χ3n) is 5.19. The smallest absolute Gasteiger partial charge is 0.230 e. The molecule has 0 bridgehead atoms. The molecule has 5 heteroatoms. The second-order valence-corrected chi connectivity index (χ2v) is 6.92. The molecule has 4 rings (SSSR count). The van der Waals surface area contributed by atoms with Gasteiger partial charge in [0.05, 0.1) is 18.7 Å². The number of hydrogen-bond acceptors (Lipinski definition) is 2. The van der Waals surface area contributed by atoms with Gasteiger partial charge in [-0.1, -0.05) is 18.2 Å². The Morgan fingerprint density at radius 3 is 2.88 bits per heavy atom. The summed E-state index contributed by atoms with van der Waals surface area (Å²) >= 11 is 0. The molecule has 1 atom stereocenters. The van der Waals surface area contributed by atoms with Crippen LogP contribution < -0.4 is 5.32 Å². The van der Waals surface area contributed by atoms with Gasteiger partial charge in [-0.15, -0.1) is 0 Å². The Balaban J connectivity index is 1.53. The van der Waals surface area contributed by atoms with Crippen molar-refractivity contribution in [3.05, 3.63) is 48.3 Å². The maximum Gasteiger partial charge on any atom is 0.230 e. The van der Waals surface area contributed by atoms with Crippen LogP contribution >= 0.6 is 0 Å². The molecule has 1 N–H and O–H groups in total. The number of carbonyl (C=O) groups excluding carboxylic acids is 1. The van der Waals surface area contributed by atoms with Crippen LogP contribution in [0.25, 0.3) is 10.9 Å². The molecule has 130 valence electrons. The summed E-state index contributed by atoms with van der Waals surface area (Å²) in [6, 6.07) is 10.5. The molecule has 1 aromatic carbocycles. The Bertz CT molecular complexity index is 903. The minimum absolute atomic E-state index is 0.00348. The number of aryl methyl sites for hydroxylation is 1. The molecule has 1 aliphatic carbocycles. The minimum Gasteiger partial charge on any atom is -0.347 e. The highest BCUT2D eigenvalue weighted by molar-refractivity contribution is 5.95. The number of nitrogens with one attached hydrogen (secondary N) is 1. The molecular formula is C20H24N4O. The van der Waals surface area contributed by atoms with E-state index in [1.165, 1.54) is 18.4 Å². The molecule has 1 amide bonds. The van der Waals surface area contributed by atoms with Crippen LogP contribution in [-0.4, -0.2) is 20.3 Å². The van der Waals surface area contributed by atoms with E-state index in [1.54, 1.807) is 6.20 Å². The van der Waals surface area contributed by atoms with Crippen molar-refractivity contribution in [3.63, 3.8) is 0 Å². The fraction of sp³-hybridized carbons (Fsp3) is 0.400. The van der Waals surface area contributed by atoms with E-state index in [4.69, 9.17) is 0 Å². The van der Waals surface area contributed by atoms with E-state index in [-0.39, 0.29) is 5.91 Å². The van der Waals surface area contributed by atoms with Gasteiger partial charge in [-0.25, -0.2) is 4.68 Å². The molecule has 0 saturated heterocycles. The Morgan fingerprint density at radius 2 is 2.12 bits per heavy atom. The molecule has 2 aromatic heterocycles. The number of nitrogens with zero attached hydrogens (tertiary/aromatic N) is 3. The number of aromatic nitrogens is 3. The lowest BCUT2D eigenvalue weighted by Crippen LogP contribution is -2.19. The normalized spacial score (nSPS) is 15.4. The zero-order valence-corrected chi connectivity index (χ0v) is 14.8. The van der Waals surface area contributed by atoms with Crippen LogP contribution in [-0.2, 0) is 17.8 Å². The number of carbonyl (C=O) groups is 1. The summed E-state index contributed by atoms with van der Waals surface area (Å²) in [5.41, 5.74) is 2.25. The van der Waals surface area contributed by atoms with Gasteiger partial charge >= 0.3 is 0 Å². The van der Waals surface area contributed by atoms with Crippen LogP contribution in [0.2, 0.25) is 0 Å². The van der Waals surface area contributed by atoms with Crippen molar-refractivity contribution in [2.24, 2.45) is 5.92 Å². The Morgan fingerprint density at radius 1 is 1.32 bits per heavy atom. The number of fused-ring (bicyclic) bond motifs is 1. The van der Waals surface area contributed by atoms with E-state index in [0.717, 1.165) is 23.3 Å². The topological polar surface area (TPSA) is 51.9 Å². The highest BCUT2D eigenvalue weighted by Crippen LogP contribution is 2.40. The van der Waals surface area contributed by atoms with Gasteiger partial charge in [-0.2, -0.15) is 5.10 Å². The van der Waals surface area contributed by atoms with E-state index in [1.807, 2.05) is 22.9 Å². The van der Waals surface area contributed by atoms with Crippen LogP contribution in [0.3, 0.4) is 0 Å². The molecule has 1 fully saturated rings. The Kier molecular flexibility index (Phi) is 4.07. The van der Waals surface area contributed by atoms with Crippen LogP contribution in [0.15, 0.2) is 42.7 Å². The minimum atomic E-state index is 0.00348. The van der Waals surface area contributed by atoms with E-state index >= 15 is 0 Å². The summed E-state index contributed by atoms with van der Waals surface area (Å²) in [4.78, 5) is 12.6. The van der Waals surface area contributed by atoms with E-state index < -0.39 is 0 Å². The molecule has 0 radical (unpaired) electrons. The second kappa shape index (κ2) is 6.39. The van der Waals surface area contributed by atoms with E-state index in [9.17, 15) is 4.79 Å². The zero-order valence-electron chi connectivity index (χ0n) is 14.8. The number of amides is 1. The molecule has 0 unspecified atom stereocenters. The lowest BCUT2D eigenvalue weighted by atomic mass is 10.1. The first-order chi connectivity index (χ1) is 12.2. The molecule has 0 spiro atoms. The SMILES string of the molecule is CCn1cc(CC(=O)Nc2ccnn2[C@H](C)C2CC2)c2ccccc21. The number of para-hydroxylation sites is 1. The van der Waals surface area contributed by atoms with Gasteiger partial charge in [0.25, 0.3) is 0 Å². The largest absolute Gasteiger partial charge is 0.347 e. The van der Waals surface area contributed by atoms with E-state index in [2.05, 4.69) is 47.2 Å². The van der Waals surface area contributed by atoms with Crippen molar-refractivity contribution in [2.45, 2.75) is 45.7 Å². The number of anilines is 1. The highest BCUT2D eigenvalue weighted by atomic mass is 16.1. The average molecular weight is 336 g/mol. The van der Waals surface area contributed by atoms with Gasteiger partial charge < -0.3 is 9.88 Å². The van der Waals surface area contributed by atoms with Crippen LogP contribution in [0, 0.1) is 5.92 Å². The number of hydrogen-bond donors (Lipinski definition) is 1. The number of rotatable bonds is 6. The summed E-state index contributed by atoms with van der Waals surface area (Å²) in [6.07, 6.45) is 6.73. The third kappa shape index (κ3) is 3.06. The van der Waals surface area contributed by atoms with Crippen LogP contribution in [0.4, 0.5) is 5.82 Å². The third-order valence-corrected chi connectivity index (χ3v) is 5.19. The highest BCUT2D eigenvalue weighted by Gasteiger charge is 2.30. The molecule has 1 aliphatic rings. The van der Waals surface area contributed by atoms with Crippen LogP contribution in [0.5, 0.6) is 0 Å². The molecule has 1 saturated carbocycles. The Labute approximate surface area is 147 Å². The zero-order chi connectivity index (χ0) is 17.4. The lowest BCUT2D eigenvalue weighted by Gasteiger charge is -2.15. The predicted molar refractivity (Wildman–Crippen MR) is 99.6 cm³/mol. The van der Waals surface area contributed by atoms with Gasteiger partial charge in [0.15, 0.2) is 0 Å². The molecule has 0 aliphatic heterocycles. The Hall–Kier alpha value is -2.56.